The average molecular weight is 226 g/mol. The van der Waals surface area contributed by atoms with E-state index in [2.05, 4.69) is 15.0 Å². The van der Waals surface area contributed by atoms with Crippen molar-refractivity contribution in [3.63, 3.8) is 0 Å². The van der Waals surface area contributed by atoms with Gasteiger partial charge in [0, 0.05) is 23.4 Å². The molecule has 0 unspecified atom stereocenters. The van der Waals surface area contributed by atoms with Crippen molar-refractivity contribution in [1.82, 2.24) is 15.0 Å². The van der Waals surface area contributed by atoms with Gasteiger partial charge < -0.3 is 5.73 Å². The van der Waals surface area contributed by atoms with E-state index in [9.17, 15) is 0 Å². The lowest BCUT2D eigenvalue weighted by Gasteiger charge is -2.05. The fourth-order valence-corrected chi connectivity index (χ4v) is 1.86. The van der Waals surface area contributed by atoms with E-state index in [1.54, 1.807) is 0 Å². The van der Waals surface area contributed by atoms with E-state index in [0.717, 1.165) is 17.1 Å². The third-order valence-electron chi connectivity index (χ3n) is 2.88. The lowest BCUT2D eigenvalue weighted by atomic mass is 10.2. The Kier molecular flexibility index (Phi) is 2.28. The van der Waals surface area contributed by atoms with Crippen LogP contribution in [-0.4, -0.2) is 15.0 Å². The lowest BCUT2D eigenvalue weighted by molar-refractivity contribution is 0.989. The molecule has 2 aromatic rings. The summed E-state index contributed by atoms with van der Waals surface area (Å²) in [6, 6.07) is 7.70. The highest BCUT2D eigenvalue weighted by molar-refractivity contribution is 5.52. The minimum atomic E-state index is 0.528. The molecule has 0 atom stereocenters. The maximum Gasteiger partial charge on any atom is 0.180 e. The van der Waals surface area contributed by atoms with Gasteiger partial charge in [0.25, 0.3) is 0 Å². The van der Waals surface area contributed by atoms with Gasteiger partial charge in [-0.25, -0.2) is 15.0 Å². The summed E-state index contributed by atoms with van der Waals surface area (Å²) in [5.41, 5.74) is 8.62. The van der Waals surface area contributed by atoms with Gasteiger partial charge in [0.2, 0.25) is 0 Å². The molecule has 1 aliphatic carbocycles. The Bertz CT molecular complexity index is 561. The zero-order valence-electron chi connectivity index (χ0n) is 9.72. The van der Waals surface area contributed by atoms with E-state index in [4.69, 9.17) is 5.73 Å². The number of nitrogens with zero attached hydrogens (tertiary/aromatic N) is 3. The van der Waals surface area contributed by atoms with Crippen molar-refractivity contribution in [1.29, 1.82) is 0 Å². The lowest BCUT2D eigenvalue weighted by Crippen LogP contribution is -2.00. The molecule has 1 saturated carbocycles. The molecule has 0 spiro atoms. The number of nitrogens with two attached hydrogens (primary N) is 1. The van der Waals surface area contributed by atoms with Crippen LogP contribution in [0.1, 0.15) is 30.1 Å². The topological polar surface area (TPSA) is 64.7 Å². The molecular weight excluding hydrogens is 212 g/mol. The van der Waals surface area contributed by atoms with Gasteiger partial charge in [0.1, 0.15) is 11.5 Å². The highest BCUT2D eigenvalue weighted by atomic mass is 15.0. The van der Waals surface area contributed by atoms with Crippen LogP contribution in [0.5, 0.6) is 0 Å². The smallest absolute Gasteiger partial charge is 0.180 e. The summed E-state index contributed by atoms with van der Waals surface area (Å²) in [7, 11) is 0. The fraction of sp³-hybridized carbons (Fsp3) is 0.308. The molecule has 0 aromatic carbocycles. The largest absolute Gasteiger partial charge is 0.384 e. The summed E-state index contributed by atoms with van der Waals surface area (Å²) in [4.78, 5) is 13.2. The maximum absolute atomic E-state index is 5.82. The van der Waals surface area contributed by atoms with Gasteiger partial charge >= 0.3 is 0 Å². The van der Waals surface area contributed by atoms with Crippen LogP contribution in [-0.2, 0) is 0 Å². The van der Waals surface area contributed by atoms with E-state index in [-0.39, 0.29) is 0 Å². The van der Waals surface area contributed by atoms with Crippen LogP contribution >= 0.6 is 0 Å². The number of hydrogen-bond donors (Lipinski definition) is 1. The fourth-order valence-electron chi connectivity index (χ4n) is 1.86. The molecule has 0 aliphatic heterocycles. The van der Waals surface area contributed by atoms with Crippen molar-refractivity contribution in [2.45, 2.75) is 25.7 Å². The molecule has 4 heteroatoms. The number of anilines is 1. The number of rotatable bonds is 2. The Morgan fingerprint density at radius 2 is 2.00 bits per heavy atom. The van der Waals surface area contributed by atoms with Crippen LogP contribution in [0.2, 0.25) is 0 Å². The zero-order valence-corrected chi connectivity index (χ0v) is 9.72. The number of aryl methyl sites for hydroxylation is 1. The predicted octanol–water partition coefficient (Wildman–Crippen LogP) is 2.31. The van der Waals surface area contributed by atoms with Crippen molar-refractivity contribution >= 4 is 5.82 Å². The Balaban J connectivity index is 2.07. The van der Waals surface area contributed by atoms with Crippen molar-refractivity contribution in [2.24, 2.45) is 0 Å². The molecule has 1 fully saturated rings. The normalized spacial score (nSPS) is 14.9. The van der Waals surface area contributed by atoms with Gasteiger partial charge in [0.05, 0.1) is 0 Å². The summed E-state index contributed by atoms with van der Waals surface area (Å²) < 4.78 is 0. The second-order valence-electron chi connectivity index (χ2n) is 4.48. The van der Waals surface area contributed by atoms with E-state index < -0.39 is 0 Å². The summed E-state index contributed by atoms with van der Waals surface area (Å²) in [5.74, 6) is 1.74. The van der Waals surface area contributed by atoms with Gasteiger partial charge in [-0.15, -0.1) is 0 Å². The van der Waals surface area contributed by atoms with E-state index in [0.29, 0.717) is 17.6 Å². The first-order valence-corrected chi connectivity index (χ1v) is 5.81. The highest BCUT2D eigenvalue weighted by Crippen LogP contribution is 2.39. The number of nitrogen functional groups attached to an aromatic ring is 1. The van der Waals surface area contributed by atoms with Crippen molar-refractivity contribution in [3.05, 3.63) is 35.7 Å². The molecule has 2 aromatic heterocycles. The number of pyridine rings is 1. The first-order valence-electron chi connectivity index (χ1n) is 5.81. The van der Waals surface area contributed by atoms with Crippen LogP contribution in [0.4, 0.5) is 5.82 Å². The molecule has 0 amide bonds. The van der Waals surface area contributed by atoms with E-state index >= 15 is 0 Å². The summed E-state index contributed by atoms with van der Waals surface area (Å²) in [5, 5.41) is 0. The van der Waals surface area contributed by atoms with Crippen molar-refractivity contribution in [2.75, 3.05) is 5.73 Å². The third-order valence-corrected chi connectivity index (χ3v) is 2.88. The molecule has 2 N–H and O–H groups in total. The molecule has 0 radical (unpaired) electrons. The van der Waals surface area contributed by atoms with Crippen LogP contribution in [0, 0.1) is 6.92 Å². The molecule has 2 heterocycles. The Hall–Kier alpha value is -1.97. The number of hydrogen-bond acceptors (Lipinski definition) is 4. The zero-order chi connectivity index (χ0) is 11.8. The monoisotopic (exact) mass is 226 g/mol. The van der Waals surface area contributed by atoms with E-state index in [1.807, 2.05) is 31.2 Å². The van der Waals surface area contributed by atoms with Crippen molar-refractivity contribution < 1.29 is 0 Å². The second kappa shape index (κ2) is 3.80. The molecule has 4 nitrogen and oxygen atoms in total. The molecular formula is C13H14N4. The second-order valence-corrected chi connectivity index (χ2v) is 4.48. The molecule has 17 heavy (non-hydrogen) atoms. The van der Waals surface area contributed by atoms with Gasteiger partial charge in [-0.3, -0.25) is 0 Å². The summed E-state index contributed by atoms with van der Waals surface area (Å²) >= 11 is 0. The molecule has 0 saturated heterocycles. The highest BCUT2D eigenvalue weighted by Gasteiger charge is 2.26. The van der Waals surface area contributed by atoms with Gasteiger partial charge in [-0.2, -0.15) is 0 Å². The quantitative estimate of drug-likeness (QED) is 0.853. The summed E-state index contributed by atoms with van der Waals surface area (Å²) in [6.07, 6.45) is 2.41. The average Bonchev–Trinajstić information content (AvgIpc) is 3.12. The van der Waals surface area contributed by atoms with Gasteiger partial charge in [-0.1, -0.05) is 6.07 Å². The predicted molar refractivity (Wildman–Crippen MR) is 66.4 cm³/mol. The van der Waals surface area contributed by atoms with Gasteiger partial charge in [0.15, 0.2) is 5.82 Å². The first-order chi connectivity index (χ1) is 8.22. The Labute approximate surface area is 99.9 Å². The van der Waals surface area contributed by atoms with E-state index in [1.165, 1.54) is 12.8 Å². The van der Waals surface area contributed by atoms with Crippen molar-refractivity contribution in [3.8, 4) is 11.5 Å². The van der Waals surface area contributed by atoms with Crippen LogP contribution in [0.25, 0.3) is 11.5 Å². The minimum Gasteiger partial charge on any atom is -0.384 e. The first kappa shape index (κ1) is 10.2. The number of aromatic nitrogens is 3. The maximum atomic E-state index is 5.82. The van der Waals surface area contributed by atoms with Crippen LogP contribution < -0.4 is 5.73 Å². The standard InChI is InChI=1S/C13H14N4/c1-8-3-2-4-10(15-8)13-16-11(9-5-6-9)7-12(14)17-13/h2-4,7,9H,5-6H2,1H3,(H2,14,16,17). The third kappa shape index (κ3) is 2.11. The van der Waals surface area contributed by atoms with Gasteiger partial charge in [-0.05, 0) is 31.9 Å². The summed E-state index contributed by atoms with van der Waals surface area (Å²) in [6.45, 7) is 1.96. The molecule has 3 rings (SSSR count). The molecule has 1 aliphatic rings. The molecule has 86 valence electrons. The van der Waals surface area contributed by atoms with Crippen LogP contribution in [0.15, 0.2) is 24.3 Å². The van der Waals surface area contributed by atoms with Crippen LogP contribution in [0.3, 0.4) is 0 Å². The SMILES string of the molecule is Cc1cccc(-c2nc(N)cc(C3CC3)n2)n1. The minimum absolute atomic E-state index is 0.528. The Morgan fingerprint density at radius 1 is 1.18 bits per heavy atom. The Morgan fingerprint density at radius 3 is 2.71 bits per heavy atom. The molecule has 0 bridgehead atoms.